The fourth-order valence-corrected chi connectivity index (χ4v) is 2.68. The molecule has 0 aliphatic carbocycles. The molecule has 1 atom stereocenters. The van der Waals surface area contributed by atoms with Gasteiger partial charge in [0.1, 0.15) is 5.71 Å². The van der Waals surface area contributed by atoms with Gasteiger partial charge in [0.05, 0.1) is 5.69 Å². The molecular weight excluding hydrogens is 358 g/mol. The number of hydrazone groups is 1. The molecule has 28 heavy (non-hydrogen) atoms. The van der Waals surface area contributed by atoms with Crippen LogP contribution >= 0.6 is 0 Å². The Morgan fingerprint density at radius 3 is 2.39 bits per heavy atom. The number of carbonyl (C=O) groups is 3. The summed E-state index contributed by atoms with van der Waals surface area (Å²) in [7, 11) is 0. The normalized spacial score (nSPS) is 14.8. The minimum absolute atomic E-state index is 0.117. The van der Waals surface area contributed by atoms with E-state index in [1.54, 1.807) is 24.3 Å². The number of anilines is 1. The molecule has 0 saturated carbocycles. The molecular formula is C21H21N3O4. The lowest BCUT2D eigenvalue weighted by Gasteiger charge is -2.23. The van der Waals surface area contributed by atoms with Crippen molar-refractivity contribution in [2.75, 3.05) is 5.01 Å². The topological polar surface area (TPSA) is 88.1 Å². The molecule has 2 aromatic carbocycles. The molecule has 2 amide bonds. The SMILES string of the molecule is CC(OC(=O)C1=NN(c2ccccc2)C(=O)CC1)C(=O)NCc1ccccc1. The van der Waals surface area contributed by atoms with Crippen LogP contribution in [0.25, 0.3) is 0 Å². The third kappa shape index (κ3) is 4.82. The minimum Gasteiger partial charge on any atom is -0.448 e. The van der Waals surface area contributed by atoms with E-state index in [2.05, 4.69) is 10.4 Å². The highest BCUT2D eigenvalue weighted by Crippen LogP contribution is 2.20. The van der Waals surface area contributed by atoms with Crippen molar-refractivity contribution >= 4 is 29.2 Å². The molecule has 144 valence electrons. The van der Waals surface area contributed by atoms with Gasteiger partial charge in [0.15, 0.2) is 6.10 Å². The van der Waals surface area contributed by atoms with Gasteiger partial charge < -0.3 is 10.1 Å². The smallest absolute Gasteiger partial charge is 0.355 e. The lowest BCUT2D eigenvalue weighted by molar-refractivity contribution is -0.148. The first-order valence-electron chi connectivity index (χ1n) is 9.02. The number of carbonyl (C=O) groups excluding carboxylic acids is 3. The van der Waals surface area contributed by atoms with Gasteiger partial charge >= 0.3 is 5.97 Å². The van der Waals surface area contributed by atoms with E-state index in [0.29, 0.717) is 12.2 Å². The van der Waals surface area contributed by atoms with Crippen LogP contribution in [0.3, 0.4) is 0 Å². The molecule has 0 saturated heterocycles. The highest BCUT2D eigenvalue weighted by atomic mass is 16.5. The molecule has 1 unspecified atom stereocenters. The summed E-state index contributed by atoms with van der Waals surface area (Å²) in [5, 5.41) is 8.06. The third-order valence-electron chi connectivity index (χ3n) is 4.23. The first-order valence-corrected chi connectivity index (χ1v) is 9.02. The molecule has 1 N–H and O–H groups in total. The summed E-state index contributed by atoms with van der Waals surface area (Å²) in [6.07, 6.45) is -0.641. The lowest BCUT2D eigenvalue weighted by Crippen LogP contribution is -2.39. The maximum Gasteiger partial charge on any atom is 0.355 e. The van der Waals surface area contributed by atoms with Gasteiger partial charge in [0.2, 0.25) is 5.91 Å². The van der Waals surface area contributed by atoms with Crippen LogP contribution in [0.15, 0.2) is 65.8 Å². The maximum atomic E-state index is 12.4. The number of hydrogen-bond donors (Lipinski definition) is 1. The van der Waals surface area contributed by atoms with Gasteiger partial charge in [-0.15, -0.1) is 0 Å². The van der Waals surface area contributed by atoms with Gasteiger partial charge in [-0.05, 0) is 24.6 Å². The Morgan fingerprint density at radius 2 is 1.71 bits per heavy atom. The largest absolute Gasteiger partial charge is 0.448 e. The van der Waals surface area contributed by atoms with E-state index in [9.17, 15) is 14.4 Å². The molecule has 0 fully saturated rings. The van der Waals surface area contributed by atoms with E-state index < -0.39 is 18.0 Å². The number of benzene rings is 2. The zero-order valence-electron chi connectivity index (χ0n) is 15.5. The van der Waals surface area contributed by atoms with Crippen LogP contribution in [0.1, 0.15) is 25.3 Å². The Bertz CT molecular complexity index is 881. The Kier molecular flexibility index (Phi) is 6.16. The second kappa shape index (κ2) is 8.94. The number of nitrogens with one attached hydrogen (secondary N) is 1. The van der Waals surface area contributed by atoms with Crippen molar-refractivity contribution in [1.29, 1.82) is 0 Å². The van der Waals surface area contributed by atoms with Gasteiger partial charge in [-0.3, -0.25) is 9.59 Å². The first kappa shape index (κ1) is 19.3. The molecule has 7 nitrogen and oxygen atoms in total. The number of amides is 2. The summed E-state index contributed by atoms with van der Waals surface area (Å²) in [5.74, 6) is -1.29. The predicted octanol–water partition coefficient (Wildman–Crippen LogP) is 2.42. The Morgan fingerprint density at radius 1 is 1.07 bits per heavy atom. The second-order valence-electron chi connectivity index (χ2n) is 6.34. The molecule has 3 rings (SSSR count). The van der Waals surface area contributed by atoms with Crippen LogP contribution in [-0.4, -0.2) is 29.6 Å². The molecule has 1 heterocycles. The highest BCUT2D eigenvalue weighted by molar-refractivity contribution is 6.38. The molecule has 1 aliphatic heterocycles. The zero-order chi connectivity index (χ0) is 19.9. The van der Waals surface area contributed by atoms with Crippen LogP contribution in [0, 0.1) is 0 Å². The average molecular weight is 379 g/mol. The molecule has 7 heteroatoms. The zero-order valence-corrected chi connectivity index (χ0v) is 15.5. The maximum absolute atomic E-state index is 12.4. The van der Waals surface area contributed by atoms with Crippen molar-refractivity contribution in [1.82, 2.24) is 5.32 Å². The van der Waals surface area contributed by atoms with Crippen molar-refractivity contribution in [3.05, 3.63) is 66.2 Å². The summed E-state index contributed by atoms with van der Waals surface area (Å²) < 4.78 is 5.24. The lowest BCUT2D eigenvalue weighted by atomic mass is 10.1. The highest BCUT2D eigenvalue weighted by Gasteiger charge is 2.28. The fourth-order valence-electron chi connectivity index (χ4n) is 2.68. The molecule has 2 aromatic rings. The Labute approximate surface area is 163 Å². The summed E-state index contributed by atoms with van der Waals surface area (Å²) in [4.78, 5) is 36.7. The summed E-state index contributed by atoms with van der Waals surface area (Å²) >= 11 is 0. The van der Waals surface area contributed by atoms with Gasteiger partial charge in [-0.25, -0.2) is 9.80 Å². The second-order valence-corrected chi connectivity index (χ2v) is 6.34. The molecule has 1 aliphatic rings. The van der Waals surface area contributed by atoms with Crippen molar-refractivity contribution < 1.29 is 19.1 Å². The number of ether oxygens (including phenoxy) is 1. The number of rotatable bonds is 6. The Hall–Kier alpha value is -3.48. The number of esters is 1. The van der Waals surface area contributed by atoms with Crippen LogP contribution in [-0.2, 0) is 25.7 Å². The third-order valence-corrected chi connectivity index (χ3v) is 4.23. The van der Waals surface area contributed by atoms with Gasteiger partial charge in [-0.2, -0.15) is 5.10 Å². The van der Waals surface area contributed by atoms with Crippen LogP contribution < -0.4 is 10.3 Å². The average Bonchev–Trinajstić information content (AvgIpc) is 2.73. The number of para-hydroxylation sites is 1. The molecule has 0 spiro atoms. The van der Waals surface area contributed by atoms with Crippen LogP contribution in [0.2, 0.25) is 0 Å². The quantitative estimate of drug-likeness (QED) is 0.781. The van der Waals surface area contributed by atoms with Gasteiger partial charge in [-0.1, -0.05) is 48.5 Å². The van der Waals surface area contributed by atoms with Crippen molar-refractivity contribution in [3.8, 4) is 0 Å². The van der Waals surface area contributed by atoms with Gasteiger partial charge in [0.25, 0.3) is 5.91 Å². The van der Waals surface area contributed by atoms with Crippen LogP contribution in [0.5, 0.6) is 0 Å². The van der Waals surface area contributed by atoms with E-state index in [0.717, 1.165) is 5.56 Å². The molecule has 0 bridgehead atoms. The standard InChI is InChI=1S/C21H21N3O4/c1-15(20(26)22-14-16-8-4-2-5-9-16)28-21(27)18-12-13-19(25)24(23-18)17-10-6-3-7-11-17/h2-11,15H,12-14H2,1H3,(H,22,26). The Balaban J connectivity index is 1.60. The summed E-state index contributed by atoms with van der Waals surface area (Å²) in [6.45, 7) is 1.85. The minimum atomic E-state index is -0.971. The van der Waals surface area contributed by atoms with Crippen LogP contribution in [0.4, 0.5) is 5.69 Å². The summed E-state index contributed by atoms with van der Waals surface area (Å²) in [5.41, 5.74) is 1.64. The molecule has 0 aromatic heterocycles. The van der Waals surface area contributed by atoms with E-state index >= 15 is 0 Å². The van der Waals surface area contributed by atoms with Crippen molar-refractivity contribution in [2.24, 2.45) is 5.10 Å². The van der Waals surface area contributed by atoms with E-state index in [1.807, 2.05) is 36.4 Å². The molecule has 0 radical (unpaired) electrons. The number of nitrogens with zero attached hydrogens (tertiary/aromatic N) is 2. The van der Waals surface area contributed by atoms with Crippen molar-refractivity contribution in [3.63, 3.8) is 0 Å². The predicted molar refractivity (Wildman–Crippen MR) is 104 cm³/mol. The summed E-state index contributed by atoms with van der Waals surface area (Å²) in [6, 6.07) is 18.3. The van der Waals surface area contributed by atoms with E-state index in [-0.39, 0.29) is 24.5 Å². The number of hydrogen-bond acceptors (Lipinski definition) is 5. The van der Waals surface area contributed by atoms with Crippen molar-refractivity contribution in [2.45, 2.75) is 32.4 Å². The van der Waals surface area contributed by atoms with Gasteiger partial charge in [0, 0.05) is 19.4 Å². The first-order chi connectivity index (χ1) is 13.5. The van der Waals surface area contributed by atoms with E-state index in [1.165, 1.54) is 11.9 Å². The fraction of sp³-hybridized carbons (Fsp3) is 0.238. The monoisotopic (exact) mass is 379 g/mol. The van der Waals surface area contributed by atoms with E-state index in [4.69, 9.17) is 4.74 Å².